The third kappa shape index (κ3) is 2.94. The van der Waals surface area contributed by atoms with E-state index in [2.05, 4.69) is 10.3 Å². The molecule has 2 heterocycles. The number of benzene rings is 1. The van der Waals surface area contributed by atoms with Crippen molar-refractivity contribution >= 4 is 38.9 Å². The lowest BCUT2D eigenvalue weighted by Gasteiger charge is -2.08. The van der Waals surface area contributed by atoms with Crippen molar-refractivity contribution in [2.75, 3.05) is 5.32 Å². The molecule has 0 fully saturated rings. The molecule has 7 heteroatoms. The first kappa shape index (κ1) is 16.7. The van der Waals surface area contributed by atoms with Gasteiger partial charge in [-0.15, -0.1) is 11.3 Å². The Labute approximate surface area is 153 Å². The molecule has 4 rings (SSSR count). The van der Waals surface area contributed by atoms with Crippen molar-refractivity contribution in [2.24, 2.45) is 0 Å². The topological polar surface area (TPSA) is 81.1 Å². The van der Waals surface area contributed by atoms with E-state index in [0.29, 0.717) is 16.6 Å². The fraction of sp³-hybridized carbons (Fsp3) is 0.263. The van der Waals surface area contributed by atoms with Crippen LogP contribution in [-0.4, -0.2) is 21.2 Å². The number of hydrogen-bond acceptors (Lipinski definition) is 5. The molecule has 0 aliphatic heterocycles. The van der Waals surface area contributed by atoms with Crippen molar-refractivity contribution in [2.45, 2.75) is 32.7 Å². The van der Waals surface area contributed by atoms with E-state index in [1.165, 1.54) is 22.7 Å². The molecule has 0 unspecified atom stereocenters. The first-order chi connectivity index (χ1) is 12.5. The number of amides is 1. The Morgan fingerprint density at radius 2 is 2.00 bits per heavy atom. The molecule has 0 radical (unpaired) electrons. The number of nitrogens with one attached hydrogen (secondary N) is 1. The molecule has 2 aromatic heterocycles. The average Bonchev–Trinajstić information content (AvgIpc) is 3.18. The number of ketones is 1. The van der Waals surface area contributed by atoms with Crippen LogP contribution in [0.2, 0.25) is 0 Å². The lowest BCUT2D eigenvalue weighted by atomic mass is 10.1. The third-order valence-electron chi connectivity index (χ3n) is 4.58. The predicted molar refractivity (Wildman–Crippen MR) is 101 cm³/mol. The number of rotatable bonds is 4. The molecule has 0 bridgehead atoms. The number of Topliss-reactive ketones (excluding diaryl/α,β-unsaturated/α-hetero) is 1. The molecule has 1 aromatic carbocycles. The first-order valence-corrected chi connectivity index (χ1v) is 9.25. The number of thiophene rings is 1. The standard InChI is InChI=1S/C19H17N3O3S/c1-11(23)12-5-7-13(8-6-12)21-16(24)9-22-10-20-18-17(19(22)25)14-3-2-4-15(14)26-18/h5-8,10H,2-4,9H2,1H3,(H,21,24). The number of hydrogen-bond donors (Lipinski definition) is 1. The maximum Gasteiger partial charge on any atom is 0.262 e. The van der Waals surface area contributed by atoms with Gasteiger partial charge in [0.2, 0.25) is 5.91 Å². The summed E-state index contributed by atoms with van der Waals surface area (Å²) in [6.07, 6.45) is 4.43. The van der Waals surface area contributed by atoms with Crippen LogP contribution in [0.5, 0.6) is 0 Å². The van der Waals surface area contributed by atoms with E-state index in [-0.39, 0.29) is 23.8 Å². The molecule has 132 valence electrons. The van der Waals surface area contributed by atoms with Gasteiger partial charge in [0.25, 0.3) is 5.56 Å². The summed E-state index contributed by atoms with van der Waals surface area (Å²) < 4.78 is 1.35. The molecule has 0 atom stereocenters. The maximum atomic E-state index is 12.8. The molecule has 1 amide bonds. The number of carbonyl (C=O) groups excluding carboxylic acids is 2. The molecule has 1 aliphatic carbocycles. The second kappa shape index (κ2) is 6.49. The zero-order chi connectivity index (χ0) is 18.3. The van der Waals surface area contributed by atoms with E-state index in [9.17, 15) is 14.4 Å². The predicted octanol–water partition coefficient (Wildman–Crippen LogP) is 2.79. The van der Waals surface area contributed by atoms with Gasteiger partial charge in [0.05, 0.1) is 11.7 Å². The second-order valence-electron chi connectivity index (χ2n) is 6.40. The number of nitrogens with zero attached hydrogens (tertiary/aromatic N) is 2. The molecular weight excluding hydrogens is 350 g/mol. The van der Waals surface area contributed by atoms with Crippen molar-refractivity contribution in [1.29, 1.82) is 0 Å². The van der Waals surface area contributed by atoms with E-state index in [1.54, 1.807) is 35.6 Å². The van der Waals surface area contributed by atoms with Gasteiger partial charge in [-0.2, -0.15) is 0 Å². The van der Waals surface area contributed by atoms with Crippen LogP contribution < -0.4 is 10.9 Å². The zero-order valence-corrected chi connectivity index (χ0v) is 15.1. The normalized spacial score (nSPS) is 13.0. The lowest BCUT2D eigenvalue weighted by molar-refractivity contribution is -0.116. The number of anilines is 1. The van der Waals surface area contributed by atoms with Crippen LogP contribution in [-0.2, 0) is 24.2 Å². The molecule has 1 N–H and O–H groups in total. The number of fused-ring (bicyclic) bond motifs is 3. The molecule has 0 saturated heterocycles. The van der Waals surface area contributed by atoms with Crippen LogP contribution in [0.25, 0.3) is 10.2 Å². The highest BCUT2D eigenvalue weighted by atomic mass is 32.1. The number of aromatic nitrogens is 2. The minimum atomic E-state index is -0.310. The van der Waals surface area contributed by atoms with Crippen LogP contribution >= 0.6 is 11.3 Å². The summed E-state index contributed by atoms with van der Waals surface area (Å²) in [6.45, 7) is 1.39. The smallest absolute Gasteiger partial charge is 0.262 e. The monoisotopic (exact) mass is 367 g/mol. The first-order valence-electron chi connectivity index (χ1n) is 8.43. The van der Waals surface area contributed by atoms with Gasteiger partial charge in [0.15, 0.2) is 5.78 Å². The molecule has 3 aromatic rings. The maximum absolute atomic E-state index is 12.8. The minimum Gasteiger partial charge on any atom is -0.325 e. The summed E-state index contributed by atoms with van der Waals surface area (Å²) in [5.74, 6) is -0.340. The molecule has 0 saturated carbocycles. The Morgan fingerprint density at radius 1 is 1.23 bits per heavy atom. The lowest BCUT2D eigenvalue weighted by Crippen LogP contribution is -2.28. The summed E-state index contributed by atoms with van der Waals surface area (Å²) in [5, 5.41) is 3.41. The molecule has 26 heavy (non-hydrogen) atoms. The Balaban J connectivity index is 1.55. The van der Waals surface area contributed by atoms with Crippen LogP contribution in [0.4, 0.5) is 5.69 Å². The van der Waals surface area contributed by atoms with Crippen LogP contribution in [0, 0.1) is 0 Å². The van der Waals surface area contributed by atoms with Gasteiger partial charge in [-0.3, -0.25) is 19.0 Å². The van der Waals surface area contributed by atoms with Crippen molar-refractivity contribution in [3.63, 3.8) is 0 Å². The zero-order valence-electron chi connectivity index (χ0n) is 14.2. The Morgan fingerprint density at radius 3 is 2.73 bits per heavy atom. The summed E-state index contributed by atoms with van der Waals surface area (Å²) >= 11 is 1.58. The highest BCUT2D eigenvalue weighted by Gasteiger charge is 2.21. The second-order valence-corrected chi connectivity index (χ2v) is 7.48. The van der Waals surface area contributed by atoms with E-state index >= 15 is 0 Å². The molecule has 1 aliphatic rings. The van der Waals surface area contributed by atoms with Gasteiger partial charge >= 0.3 is 0 Å². The Bertz CT molecular complexity index is 1080. The van der Waals surface area contributed by atoms with Crippen molar-refractivity contribution < 1.29 is 9.59 Å². The summed E-state index contributed by atoms with van der Waals surface area (Å²) in [7, 11) is 0. The van der Waals surface area contributed by atoms with Gasteiger partial charge in [0, 0.05) is 16.1 Å². The summed E-state index contributed by atoms with van der Waals surface area (Å²) in [4.78, 5) is 42.7. The van der Waals surface area contributed by atoms with Gasteiger partial charge in [-0.1, -0.05) is 0 Å². The molecule has 6 nitrogen and oxygen atoms in total. The Hall–Kier alpha value is -2.80. The van der Waals surface area contributed by atoms with Gasteiger partial charge in [-0.05, 0) is 56.0 Å². The molecular formula is C19H17N3O3S. The van der Waals surface area contributed by atoms with Gasteiger partial charge < -0.3 is 5.32 Å². The summed E-state index contributed by atoms with van der Waals surface area (Å²) in [6, 6.07) is 6.66. The molecule has 0 spiro atoms. The summed E-state index contributed by atoms with van der Waals surface area (Å²) in [5.41, 5.74) is 2.12. The van der Waals surface area contributed by atoms with Crippen molar-refractivity contribution in [3.05, 3.63) is 57.0 Å². The van der Waals surface area contributed by atoms with E-state index in [1.807, 2.05) is 0 Å². The fourth-order valence-corrected chi connectivity index (χ4v) is 4.50. The van der Waals surface area contributed by atoms with Crippen molar-refractivity contribution in [1.82, 2.24) is 9.55 Å². The quantitative estimate of drug-likeness (QED) is 0.719. The SMILES string of the molecule is CC(=O)c1ccc(NC(=O)Cn2cnc3sc4c(c3c2=O)CCC4)cc1. The van der Waals surface area contributed by atoms with Gasteiger partial charge in [0.1, 0.15) is 11.4 Å². The minimum absolute atomic E-state index is 0.0305. The number of carbonyl (C=O) groups is 2. The van der Waals surface area contributed by atoms with Crippen molar-refractivity contribution in [3.8, 4) is 0 Å². The van der Waals surface area contributed by atoms with Crippen LogP contribution in [0.15, 0.2) is 35.4 Å². The Kier molecular flexibility index (Phi) is 4.16. The van der Waals surface area contributed by atoms with E-state index in [0.717, 1.165) is 29.7 Å². The van der Waals surface area contributed by atoms with Crippen LogP contribution in [0.1, 0.15) is 34.1 Å². The van der Waals surface area contributed by atoms with Crippen LogP contribution in [0.3, 0.4) is 0 Å². The largest absolute Gasteiger partial charge is 0.325 e. The highest BCUT2D eigenvalue weighted by Crippen LogP contribution is 2.34. The van der Waals surface area contributed by atoms with E-state index in [4.69, 9.17) is 0 Å². The van der Waals surface area contributed by atoms with E-state index < -0.39 is 0 Å². The highest BCUT2D eigenvalue weighted by molar-refractivity contribution is 7.18. The average molecular weight is 367 g/mol. The fourth-order valence-electron chi connectivity index (χ4n) is 3.28. The number of aryl methyl sites for hydroxylation is 2. The van der Waals surface area contributed by atoms with Gasteiger partial charge in [-0.25, -0.2) is 4.98 Å². The third-order valence-corrected chi connectivity index (χ3v) is 5.78.